The molecule has 18 heavy (non-hydrogen) atoms. The average Bonchev–Trinajstić information content (AvgIpc) is 3.12. The lowest BCUT2D eigenvalue weighted by Crippen LogP contribution is -1.74. The zero-order chi connectivity index (χ0) is 12.2. The van der Waals surface area contributed by atoms with Gasteiger partial charge in [0.25, 0.3) is 0 Å². The van der Waals surface area contributed by atoms with Gasteiger partial charge in [-0.25, -0.2) is 0 Å². The Hall–Kier alpha value is -2.62. The molecule has 0 saturated heterocycles. The fourth-order valence-corrected chi connectivity index (χ4v) is 1.86. The summed E-state index contributed by atoms with van der Waals surface area (Å²) in [4.78, 5) is 2.86. The van der Waals surface area contributed by atoms with Gasteiger partial charge in [-0.15, -0.1) is 0 Å². The molecule has 4 heteroatoms. The summed E-state index contributed by atoms with van der Waals surface area (Å²) in [6.45, 7) is 0. The summed E-state index contributed by atoms with van der Waals surface area (Å²) in [5, 5.41) is 13.1. The van der Waals surface area contributed by atoms with Crippen molar-refractivity contribution in [3.05, 3.63) is 60.9 Å². The van der Waals surface area contributed by atoms with Crippen molar-refractivity contribution in [2.45, 2.75) is 0 Å². The highest BCUT2D eigenvalue weighted by Crippen LogP contribution is 2.20. The van der Waals surface area contributed by atoms with Crippen LogP contribution in [0.3, 0.4) is 0 Å². The Kier molecular flexibility index (Phi) is 2.75. The molecule has 2 heterocycles. The molecule has 88 valence electrons. The first-order valence-electron chi connectivity index (χ1n) is 5.71. The maximum Gasteiger partial charge on any atom is 0.120 e. The van der Waals surface area contributed by atoms with Crippen molar-refractivity contribution in [3.8, 4) is 0 Å². The minimum Gasteiger partial charge on any atom is -0.368 e. The highest BCUT2D eigenvalue weighted by Gasteiger charge is 2.01. The number of aromatic nitrogens is 4. The Morgan fingerprint density at radius 1 is 0.778 bits per heavy atom. The number of fused-ring (bicyclic) bond motifs is 3. The van der Waals surface area contributed by atoms with Gasteiger partial charge in [0.05, 0.1) is 0 Å². The lowest BCUT2D eigenvalue weighted by atomic mass is 10.1. The van der Waals surface area contributed by atoms with Gasteiger partial charge < -0.3 is 4.98 Å². The molecule has 4 aromatic rings. The summed E-state index contributed by atoms with van der Waals surface area (Å²) < 4.78 is 0. The van der Waals surface area contributed by atoms with Crippen molar-refractivity contribution < 1.29 is 0 Å². The Labute approximate surface area is 104 Å². The number of benzene rings is 2. The third-order valence-electron chi connectivity index (χ3n) is 2.71. The molecule has 2 N–H and O–H groups in total. The molecular formula is C14H12N4. The lowest BCUT2D eigenvalue weighted by molar-refractivity contribution is 0.960. The van der Waals surface area contributed by atoms with Crippen LogP contribution >= 0.6 is 0 Å². The molecule has 0 aliphatic rings. The Balaban J connectivity index is 0.000000169. The van der Waals surface area contributed by atoms with Crippen LogP contribution in [0.5, 0.6) is 0 Å². The van der Waals surface area contributed by atoms with Crippen molar-refractivity contribution in [1.82, 2.24) is 20.4 Å². The fourth-order valence-electron chi connectivity index (χ4n) is 1.86. The van der Waals surface area contributed by atoms with E-state index in [4.69, 9.17) is 0 Å². The van der Waals surface area contributed by atoms with Crippen LogP contribution in [-0.4, -0.2) is 20.4 Å². The summed E-state index contributed by atoms with van der Waals surface area (Å²) in [5.41, 5.74) is 1.86. The first kappa shape index (κ1) is 10.5. The first-order chi connectivity index (χ1) is 8.95. The minimum absolute atomic E-state index is 0.915. The highest BCUT2D eigenvalue weighted by atomic mass is 15.3. The van der Waals surface area contributed by atoms with E-state index in [1.165, 1.54) is 5.39 Å². The number of hydrogen-bond acceptors (Lipinski definition) is 2. The van der Waals surface area contributed by atoms with Gasteiger partial charge in [-0.2, -0.15) is 15.4 Å². The lowest BCUT2D eigenvalue weighted by Gasteiger charge is -1.95. The number of nitrogens with zero attached hydrogens (tertiary/aromatic N) is 2. The number of aromatic amines is 2. The molecule has 0 atom stereocenters. The summed E-state index contributed by atoms with van der Waals surface area (Å²) in [6, 6.07) is 16.1. The van der Waals surface area contributed by atoms with Gasteiger partial charge in [-0.3, -0.25) is 0 Å². The average molecular weight is 236 g/mol. The zero-order valence-electron chi connectivity index (χ0n) is 9.67. The van der Waals surface area contributed by atoms with Crippen LogP contribution in [0.4, 0.5) is 0 Å². The fraction of sp³-hybridized carbons (Fsp3) is 0. The molecule has 0 aliphatic carbocycles. The SMILES string of the molecule is c1cc[nH]c1.c1ccc2c(c1)ccc1n[nH]nc12. The van der Waals surface area contributed by atoms with E-state index in [0.29, 0.717) is 0 Å². The quantitative estimate of drug-likeness (QED) is 0.493. The third-order valence-corrected chi connectivity index (χ3v) is 2.71. The number of rotatable bonds is 0. The summed E-state index contributed by atoms with van der Waals surface area (Å²) in [5.74, 6) is 0. The second kappa shape index (κ2) is 4.71. The van der Waals surface area contributed by atoms with E-state index >= 15 is 0 Å². The summed E-state index contributed by atoms with van der Waals surface area (Å²) in [6.07, 6.45) is 3.75. The molecule has 2 aromatic heterocycles. The van der Waals surface area contributed by atoms with E-state index in [1.807, 2.05) is 42.7 Å². The van der Waals surface area contributed by atoms with Crippen LogP contribution in [0.25, 0.3) is 21.8 Å². The van der Waals surface area contributed by atoms with Crippen LogP contribution in [0.2, 0.25) is 0 Å². The van der Waals surface area contributed by atoms with Crippen LogP contribution < -0.4 is 0 Å². The normalized spacial score (nSPS) is 10.2. The van der Waals surface area contributed by atoms with E-state index in [0.717, 1.165) is 16.4 Å². The number of H-pyrrole nitrogens is 2. The van der Waals surface area contributed by atoms with Gasteiger partial charge in [0.15, 0.2) is 0 Å². The molecule has 2 aromatic carbocycles. The largest absolute Gasteiger partial charge is 0.368 e. The smallest absolute Gasteiger partial charge is 0.120 e. The molecule has 4 rings (SSSR count). The van der Waals surface area contributed by atoms with E-state index < -0.39 is 0 Å². The molecule has 0 fully saturated rings. The van der Waals surface area contributed by atoms with Crippen LogP contribution in [0.15, 0.2) is 60.9 Å². The molecular weight excluding hydrogens is 224 g/mol. The molecule has 4 nitrogen and oxygen atoms in total. The van der Waals surface area contributed by atoms with Crippen LogP contribution in [0, 0.1) is 0 Å². The second-order valence-electron chi connectivity index (χ2n) is 3.86. The van der Waals surface area contributed by atoms with Crippen molar-refractivity contribution in [2.75, 3.05) is 0 Å². The van der Waals surface area contributed by atoms with Gasteiger partial charge in [-0.1, -0.05) is 30.3 Å². The summed E-state index contributed by atoms with van der Waals surface area (Å²) >= 11 is 0. The Morgan fingerprint density at radius 3 is 2.39 bits per heavy atom. The molecule has 0 saturated carbocycles. The van der Waals surface area contributed by atoms with Gasteiger partial charge in [0, 0.05) is 17.8 Å². The minimum atomic E-state index is 0.915. The Morgan fingerprint density at radius 2 is 1.61 bits per heavy atom. The predicted molar refractivity (Wildman–Crippen MR) is 72.2 cm³/mol. The Bertz CT molecular complexity index is 723. The maximum atomic E-state index is 4.11. The molecule has 0 amide bonds. The summed E-state index contributed by atoms with van der Waals surface area (Å²) in [7, 11) is 0. The standard InChI is InChI=1S/C10H7N3.C4H5N/c1-2-4-8-7(3-1)5-6-9-10(8)12-13-11-9;1-2-4-5-3-1/h1-6H,(H,11,12,13);1-5H. The maximum absolute atomic E-state index is 4.11. The van der Waals surface area contributed by atoms with E-state index in [1.54, 1.807) is 0 Å². The topological polar surface area (TPSA) is 57.4 Å². The predicted octanol–water partition coefficient (Wildman–Crippen LogP) is 3.13. The molecule has 0 radical (unpaired) electrons. The van der Waals surface area contributed by atoms with Crippen LogP contribution in [-0.2, 0) is 0 Å². The van der Waals surface area contributed by atoms with Crippen molar-refractivity contribution in [2.24, 2.45) is 0 Å². The van der Waals surface area contributed by atoms with E-state index in [9.17, 15) is 0 Å². The van der Waals surface area contributed by atoms with E-state index in [-0.39, 0.29) is 0 Å². The highest BCUT2D eigenvalue weighted by molar-refractivity contribution is 6.03. The number of nitrogens with one attached hydrogen (secondary N) is 2. The molecule has 0 bridgehead atoms. The van der Waals surface area contributed by atoms with Gasteiger partial charge in [-0.05, 0) is 23.6 Å². The van der Waals surface area contributed by atoms with Crippen molar-refractivity contribution >= 4 is 21.8 Å². The van der Waals surface area contributed by atoms with Crippen molar-refractivity contribution in [3.63, 3.8) is 0 Å². The molecule has 0 spiro atoms. The third kappa shape index (κ3) is 1.96. The van der Waals surface area contributed by atoms with Crippen LogP contribution in [0.1, 0.15) is 0 Å². The molecule has 0 aliphatic heterocycles. The second-order valence-corrected chi connectivity index (χ2v) is 3.86. The monoisotopic (exact) mass is 236 g/mol. The van der Waals surface area contributed by atoms with Gasteiger partial charge >= 0.3 is 0 Å². The zero-order valence-corrected chi connectivity index (χ0v) is 9.67. The van der Waals surface area contributed by atoms with E-state index in [2.05, 4.69) is 38.6 Å². The number of hydrogen-bond donors (Lipinski definition) is 2. The van der Waals surface area contributed by atoms with Gasteiger partial charge in [0.2, 0.25) is 0 Å². The first-order valence-corrected chi connectivity index (χ1v) is 5.71. The van der Waals surface area contributed by atoms with Crippen molar-refractivity contribution in [1.29, 1.82) is 0 Å². The molecule has 0 unspecified atom stereocenters. The van der Waals surface area contributed by atoms with Gasteiger partial charge in [0.1, 0.15) is 11.0 Å².